The molecular formula is C17H15ClFN3OS. The molecule has 1 aromatic heterocycles. The molecule has 0 aliphatic rings. The second kappa shape index (κ2) is 7.68. The van der Waals surface area contributed by atoms with E-state index in [-0.39, 0.29) is 12.4 Å². The van der Waals surface area contributed by atoms with Crippen LogP contribution in [0.2, 0.25) is 5.02 Å². The monoisotopic (exact) mass is 363 g/mol. The van der Waals surface area contributed by atoms with Gasteiger partial charge >= 0.3 is 0 Å². The van der Waals surface area contributed by atoms with Gasteiger partial charge in [0.1, 0.15) is 18.2 Å². The van der Waals surface area contributed by atoms with Crippen molar-refractivity contribution in [1.29, 1.82) is 0 Å². The van der Waals surface area contributed by atoms with E-state index in [4.69, 9.17) is 16.3 Å². The molecule has 0 atom stereocenters. The van der Waals surface area contributed by atoms with E-state index < -0.39 is 0 Å². The zero-order valence-corrected chi connectivity index (χ0v) is 14.5. The van der Waals surface area contributed by atoms with Crippen molar-refractivity contribution in [2.24, 2.45) is 7.05 Å². The second-order valence-corrected chi connectivity index (χ2v) is 6.49. The molecule has 0 N–H and O–H groups in total. The van der Waals surface area contributed by atoms with Crippen LogP contribution in [0.4, 0.5) is 4.39 Å². The van der Waals surface area contributed by atoms with E-state index in [0.29, 0.717) is 11.6 Å². The van der Waals surface area contributed by atoms with Crippen molar-refractivity contribution in [2.75, 3.05) is 0 Å². The van der Waals surface area contributed by atoms with Gasteiger partial charge in [-0.3, -0.25) is 0 Å². The van der Waals surface area contributed by atoms with Crippen LogP contribution >= 0.6 is 23.4 Å². The summed E-state index contributed by atoms with van der Waals surface area (Å²) in [6.07, 6.45) is 0. The molecule has 7 heteroatoms. The fourth-order valence-electron chi connectivity index (χ4n) is 2.00. The number of nitrogens with zero attached hydrogens (tertiary/aromatic N) is 3. The minimum Gasteiger partial charge on any atom is -0.486 e. The summed E-state index contributed by atoms with van der Waals surface area (Å²) in [7, 11) is 1.90. The normalized spacial score (nSPS) is 10.8. The van der Waals surface area contributed by atoms with Crippen molar-refractivity contribution in [2.45, 2.75) is 17.5 Å². The van der Waals surface area contributed by atoms with Gasteiger partial charge in [-0.05, 0) is 42.0 Å². The summed E-state index contributed by atoms with van der Waals surface area (Å²) in [6, 6.07) is 13.6. The van der Waals surface area contributed by atoms with Crippen LogP contribution in [0.1, 0.15) is 11.4 Å². The fourth-order valence-corrected chi connectivity index (χ4v) is 3.02. The first-order valence-electron chi connectivity index (χ1n) is 7.26. The van der Waals surface area contributed by atoms with Crippen molar-refractivity contribution >= 4 is 23.4 Å². The molecule has 0 fully saturated rings. The van der Waals surface area contributed by atoms with Gasteiger partial charge in [0.05, 0.1) is 0 Å². The number of benzene rings is 2. The summed E-state index contributed by atoms with van der Waals surface area (Å²) >= 11 is 7.47. The fraction of sp³-hybridized carbons (Fsp3) is 0.176. The third kappa shape index (κ3) is 4.27. The molecule has 0 radical (unpaired) electrons. The van der Waals surface area contributed by atoms with Crippen LogP contribution in [0, 0.1) is 5.82 Å². The Bertz CT molecular complexity index is 739. The van der Waals surface area contributed by atoms with Crippen molar-refractivity contribution in [3.8, 4) is 5.75 Å². The van der Waals surface area contributed by atoms with Gasteiger partial charge in [0.15, 0.2) is 11.0 Å². The van der Waals surface area contributed by atoms with Crippen LogP contribution in [0.15, 0.2) is 53.7 Å². The largest absolute Gasteiger partial charge is 0.486 e. The van der Waals surface area contributed by atoms with Crippen LogP contribution in [0.5, 0.6) is 5.75 Å². The molecule has 0 saturated heterocycles. The quantitative estimate of drug-likeness (QED) is 0.605. The maximum atomic E-state index is 12.9. The second-order valence-electron chi connectivity index (χ2n) is 5.12. The van der Waals surface area contributed by atoms with Gasteiger partial charge < -0.3 is 9.30 Å². The summed E-state index contributed by atoms with van der Waals surface area (Å²) in [5, 5.41) is 9.86. The molecule has 4 nitrogen and oxygen atoms in total. The first-order valence-corrected chi connectivity index (χ1v) is 8.62. The first kappa shape index (κ1) is 16.8. The Morgan fingerprint density at radius 2 is 1.79 bits per heavy atom. The van der Waals surface area contributed by atoms with E-state index in [1.165, 1.54) is 12.1 Å². The first-order chi connectivity index (χ1) is 11.6. The minimum atomic E-state index is -0.290. The Morgan fingerprint density at radius 1 is 1.08 bits per heavy atom. The molecular weight excluding hydrogens is 349 g/mol. The summed E-state index contributed by atoms with van der Waals surface area (Å²) in [6.45, 7) is 0.274. The third-order valence-electron chi connectivity index (χ3n) is 3.39. The molecule has 0 saturated carbocycles. The predicted octanol–water partition coefficient (Wildman–Crippen LogP) is 4.48. The van der Waals surface area contributed by atoms with E-state index >= 15 is 0 Å². The van der Waals surface area contributed by atoms with Gasteiger partial charge in [-0.25, -0.2) is 4.39 Å². The van der Waals surface area contributed by atoms with Crippen LogP contribution < -0.4 is 4.74 Å². The number of aromatic nitrogens is 3. The molecule has 3 rings (SSSR count). The lowest BCUT2D eigenvalue weighted by Crippen LogP contribution is -2.04. The molecule has 0 spiro atoms. The van der Waals surface area contributed by atoms with Crippen molar-refractivity contribution in [3.05, 3.63) is 70.8 Å². The van der Waals surface area contributed by atoms with Gasteiger partial charge in [-0.1, -0.05) is 35.5 Å². The summed E-state index contributed by atoms with van der Waals surface area (Å²) in [4.78, 5) is 0. The molecule has 0 aliphatic heterocycles. The number of ether oxygens (including phenoxy) is 1. The molecule has 24 heavy (non-hydrogen) atoms. The zero-order valence-electron chi connectivity index (χ0n) is 12.9. The zero-order chi connectivity index (χ0) is 16.9. The lowest BCUT2D eigenvalue weighted by atomic mass is 10.2. The average molecular weight is 364 g/mol. The van der Waals surface area contributed by atoms with Crippen LogP contribution in [-0.2, 0) is 19.4 Å². The molecule has 0 amide bonds. The van der Waals surface area contributed by atoms with Crippen molar-refractivity contribution < 1.29 is 9.13 Å². The third-order valence-corrected chi connectivity index (χ3v) is 4.73. The van der Waals surface area contributed by atoms with E-state index in [0.717, 1.165) is 21.5 Å². The molecule has 2 aromatic carbocycles. The highest BCUT2D eigenvalue weighted by Gasteiger charge is 2.10. The number of hydrogen-bond acceptors (Lipinski definition) is 4. The van der Waals surface area contributed by atoms with Crippen LogP contribution in [0.25, 0.3) is 0 Å². The topological polar surface area (TPSA) is 39.9 Å². The Labute approximate surface area is 148 Å². The lowest BCUT2D eigenvalue weighted by Gasteiger charge is -2.06. The number of rotatable bonds is 6. The van der Waals surface area contributed by atoms with E-state index in [1.54, 1.807) is 23.9 Å². The van der Waals surface area contributed by atoms with Crippen molar-refractivity contribution in [3.63, 3.8) is 0 Å². The van der Waals surface area contributed by atoms with Crippen molar-refractivity contribution in [1.82, 2.24) is 14.8 Å². The molecule has 124 valence electrons. The number of halogens is 2. The Morgan fingerprint density at radius 3 is 2.50 bits per heavy atom. The number of thioether (sulfide) groups is 1. The Hall–Kier alpha value is -2.05. The van der Waals surface area contributed by atoms with Gasteiger partial charge in [0, 0.05) is 17.8 Å². The van der Waals surface area contributed by atoms with E-state index in [1.807, 2.05) is 35.9 Å². The maximum absolute atomic E-state index is 12.9. The SMILES string of the molecule is Cn1c(COc2ccc(F)cc2)nnc1SCc1ccc(Cl)cc1. The van der Waals surface area contributed by atoms with Gasteiger partial charge in [-0.15, -0.1) is 10.2 Å². The lowest BCUT2D eigenvalue weighted by molar-refractivity contribution is 0.290. The van der Waals surface area contributed by atoms with E-state index in [2.05, 4.69) is 10.2 Å². The molecule has 0 unspecified atom stereocenters. The highest BCUT2D eigenvalue weighted by molar-refractivity contribution is 7.98. The maximum Gasteiger partial charge on any atom is 0.191 e. The highest BCUT2D eigenvalue weighted by Crippen LogP contribution is 2.22. The summed E-state index contributed by atoms with van der Waals surface area (Å²) in [5.74, 6) is 1.79. The van der Waals surface area contributed by atoms with Gasteiger partial charge in [0.25, 0.3) is 0 Å². The minimum absolute atomic E-state index is 0.274. The molecule has 1 heterocycles. The molecule has 0 bridgehead atoms. The number of hydrogen-bond donors (Lipinski definition) is 0. The predicted molar refractivity (Wildman–Crippen MR) is 92.7 cm³/mol. The molecule has 3 aromatic rings. The smallest absolute Gasteiger partial charge is 0.191 e. The highest BCUT2D eigenvalue weighted by atomic mass is 35.5. The van der Waals surface area contributed by atoms with E-state index in [9.17, 15) is 4.39 Å². The molecule has 0 aliphatic carbocycles. The van der Waals surface area contributed by atoms with Gasteiger partial charge in [-0.2, -0.15) is 0 Å². The van der Waals surface area contributed by atoms with Crippen LogP contribution in [-0.4, -0.2) is 14.8 Å². The Balaban J connectivity index is 1.58. The standard InChI is InChI=1S/C17H15ClFN3OS/c1-22-16(10-23-15-8-6-14(19)7-9-15)20-21-17(22)24-11-12-2-4-13(18)5-3-12/h2-9H,10-11H2,1H3. The average Bonchev–Trinajstić information content (AvgIpc) is 2.94. The van der Waals surface area contributed by atoms with Gasteiger partial charge in [0.2, 0.25) is 0 Å². The Kier molecular flexibility index (Phi) is 5.37. The van der Waals surface area contributed by atoms with Crippen LogP contribution in [0.3, 0.4) is 0 Å². The summed E-state index contributed by atoms with van der Waals surface area (Å²) < 4.78 is 20.4. The summed E-state index contributed by atoms with van der Waals surface area (Å²) in [5.41, 5.74) is 1.16.